The van der Waals surface area contributed by atoms with Crippen molar-refractivity contribution in [3.63, 3.8) is 0 Å². The molecular weight excluding hydrogens is 348 g/mol. The first-order valence-electron chi connectivity index (χ1n) is 8.92. The normalized spacial score (nSPS) is 12.6. The lowest BCUT2D eigenvalue weighted by Crippen LogP contribution is -2.25. The van der Waals surface area contributed by atoms with Crippen molar-refractivity contribution in [2.24, 2.45) is 0 Å². The van der Waals surface area contributed by atoms with E-state index in [4.69, 9.17) is 18.9 Å². The van der Waals surface area contributed by atoms with Crippen LogP contribution in [0.1, 0.15) is 6.42 Å². The number of anilines is 1. The van der Waals surface area contributed by atoms with Gasteiger partial charge in [-0.15, -0.1) is 0 Å². The number of rotatable bonds is 10. The third kappa shape index (κ3) is 5.52. The van der Waals surface area contributed by atoms with Gasteiger partial charge in [-0.25, -0.2) is 0 Å². The van der Waals surface area contributed by atoms with E-state index in [2.05, 4.69) is 10.6 Å². The second kappa shape index (κ2) is 9.68. The molecule has 2 N–H and O–H groups in total. The quantitative estimate of drug-likeness (QED) is 0.624. The standard InChI is InChI=1S/C20H24N2O5/c1-24-18-5-2-3-6-19(18)26-12-10-21-9-4-11-25-15-7-8-17-16(13-15)22-20(23)14-27-17/h2-3,5-8,13,21H,4,9-12,14H2,1H3,(H,22,23). The largest absolute Gasteiger partial charge is 0.493 e. The molecule has 1 aliphatic rings. The van der Waals surface area contributed by atoms with Crippen LogP contribution in [0.5, 0.6) is 23.0 Å². The summed E-state index contributed by atoms with van der Waals surface area (Å²) < 4.78 is 22.0. The summed E-state index contributed by atoms with van der Waals surface area (Å²) in [6.45, 7) is 2.75. The summed E-state index contributed by atoms with van der Waals surface area (Å²) >= 11 is 0. The van der Waals surface area contributed by atoms with Gasteiger partial charge in [0.2, 0.25) is 0 Å². The monoisotopic (exact) mass is 372 g/mol. The number of ether oxygens (including phenoxy) is 4. The van der Waals surface area contributed by atoms with E-state index in [1.165, 1.54) is 0 Å². The van der Waals surface area contributed by atoms with E-state index in [9.17, 15) is 4.79 Å². The molecule has 0 atom stereocenters. The highest BCUT2D eigenvalue weighted by atomic mass is 16.5. The van der Waals surface area contributed by atoms with Crippen LogP contribution >= 0.6 is 0 Å². The average molecular weight is 372 g/mol. The molecule has 0 spiro atoms. The van der Waals surface area contributed by atoms with E-state index < -0.39 is 0 Å². The first kappa shape index (κ1) is 18.8. The molecule has 2 aromatic rings. The highest BCUT2D eigenvalue weighted by Gasteiger charge is 2.16. The number of para-hydroxylation sites is 2. The molecule has 2 aromatic carbocycles. The smallest absolute Gasteiger partial charge is 0.262 e. The molecule has 1 heterocycles. The number of methoxy groups -OCH3 is 1. The Morgan fingerprint density at radius 2 is 1.93 bits per heavy atom. The molecule has 0 bridgehead atoms. The van der Waals surface area contributed by atoms with Crippen molar-refractivity contribution >= 4 is 11.6 Å². The molecule has 27 heavy (non-hydrogen) atoms. The molecule has 0 radical (unpaired) electrons. The van der Waals surface area contributed by atoms with Gasteiger partial charge in [0.05, 0.1) is 19.4 Å². The molecule has 0 fully saturated rings. The minimum absolute atomic E-state index is 0.0552. The van der Waals surface area contributed by atoms with Crippen LogP contribution in [0.2, 0.25) is 0 Å². The van der Waals surface area contributed by atoms with Crippen LogP contribution in [0.3, 0.4) is 0 Å². The summed E-state index contributed by atoms with van der Waals surface area (Å²) in [6, 6.07) is 13.0. The second-order valence-electron chi connectivity index (χ2n) is 5.95. The highest BCUT2D eigenvalue weighted by Crippen LogP contribution is 2.31. The van der Waals surface area contributed by atoms with Crippen LogP contribution in [0.25, 0.3) is 0 Å². The van der Waals surface area contributed by atoms with E-state index in [1.54, 1.807) is 19.2 Å². The lowest BCUT2D eigenvalue weighted by molar-refractivity contribution is -0.118. The Kier molecular flexibility index (Phi) is 6.76. The van der Waals surface area contributed by atoms with Crippen molar-refractivity contribution < 1.29 is 23.7 Å². The van der Waals surface area contributed by atoms with Crippen LogP contribution in [0, 0.1) is 0 Å². The van der Waals surface area contributed by atoms with Crippen molar-refractivity contribution in [2.75, 3.05) is 45.3 Å². The molecule has 7 nitrogen and oxygen atoms in total. The topological polar surface area (TPSA) is 78.0 Å². The number of fused-ring (bicyclic) bond motifs is 1. The molecule has 0 saturated heterocycles. The molecule has 7 heteroatoms. The van der Waals surface area contributed by atoms with Crippen LogP contribution in [0.15, 0.2) is 42.5 Å². The summed E-state index contributed by atoms with van der Waals surface area (Å²) in [7, 11) is 1.63. The number of carbonyl (C=O) groups is 1. The van der Waals surface area contributed by atoms with Gasteiger partial charge >= 0.3 is 0 Å². The van der Waals surface area contributed by atoms with Gasteiger partial charge in [-0.05, 0) is 37.2 Å². The number of amides is 1. The van der Waals surface area contributed by atoms with Crippen LogP contribution < -0.4 is 29.6 Å². The van der Waals surface area contributed by atoms with Gasteiger partial charge in [0.25, 0.3) is 5.91 Å². The minimum Gasteiger partial charge on any atom is -0.493 e. The summed E-state index contributed by atoms with van der Waals surface area (Å²) in [4.78, 5) is 11.3. The zero-order valence-corrected chi connectivity index (χ0v) is 15.3. The van der Waals surface area contributed by atoms with Crippen molar-refractivity contribution in [2.45, 2.75) is 6.42 Å². The third-order valence-electron chi connectivity index (χ3n) is 3.96. The molecule has 1 aliphatic heterocycles. The maximum atomic E-state index is 11.3. The average Bonchev–Trinajstić information content (AvgIpc) is 2.70. The summed E-state index contributed by atoms with van der Waals surface area (Å²) in [5.41, 5.74) is 0.648. The third-order valence-corrected chi connectivity index (χ3v) is 3.96. The molecule has 0 aliphatic carbocycles. The Balaban J connectivity index is 1.29. The van der Waals surface area contributed by atoms with Gasteiger partial charge in [-0.2, -0.15) is 0 Å². The summed E-state index contributed by atoms with van der Waals surface area (Å²) in [5.74, 6) is 2.70. The molecule has 144 valence electrons. The fourth-order valence-corrected chi connectivity index (χ4v) is 2.64. The maximum absolute atomic E-state index is 11.3. The van der Waals surface area contributed by atoms with Gasteiger partial charge < -0.3 is 29.6 Å². The highest BCUT2D eigenvalue weighted by molar-refractivity contribution is 5.95. The zero-order chi connectivity index (χ0) is 18.9. The number of benzene rings is 2. The van der Waals surface area contributed by atoms with Crippen molar-refractivity contribution in [3.05, 3.63) is 42.5 Å². The van der Waals surface area contributed by atoms with E-state index in [1.807, 2.05) is 30.3 Å². The summed E-state index contributed by atoms with van der Waals surface area (Å²) in [6.07, 6.45) is 0.856. The minimum atomic E-state index is -0.154. The Hall–Kier alpha value is -2.93. The molecule has 0 unspecified atom stereocenters. The SMILES string of the molecule is COc1ccccc1OCCNCCCOc1ccc2c(c1)NC(=O)CO2. The van der Waals surface area contributed by atoms with Gasteiger partial charge in [0.15, 0.2) is 18.1 Å². The fraction of sp³-hybridized carbons (Fsp3) is 0.350. The number of carbonyl (C=O) groups excluding carboxylic acids is 1. The first-order chi connectivity index (χ1) is 13.3. The lowest BCUT2D eigenvalue weighted by Gasteiger charge is -2.18. The lowest BCUT2D eigenvalue weighted by atomic mass is 10.2. The van der Waals surface area contributed by atoms with E-state index in [-0.39, 0.29) is 12.5 Å². The number of nitrogens with one attached hydrogen (secondary N) is 2. The van der Waals surface area contributed by atoms with E-state index >= 15 is 0 Å². The van der Waals surface area contributed by atoms with Gasteiger partial charge in [0, 0.05) is 12.6 Å². The molecule has 1 amide bonds. The maximum Gasteiger partial charge on any atom is 0.262 e. The molecule has 3 rings (SSSR count). The second-order valence-corrected chi connectivity index (χ2v) is 5.95. The van der Waals surface area contributed by atoms with E-state index in [0.717, 1.165) is 31.0 Å². The van der Waals surface area contributed by atoms with Gasteiger partial charge in [-0.1, -0.05) is 12.1 Å². The first-order valence-corrected chi connectivity index (χ1v) is 8.92. The van der Waals surface area contributed by atoms with Crippen LogP contribution in [-0.4, -0.2) is 45.9 Å². The van der Waals surface area contributed by atoms with Gasteiger partial charge in [-0.3, -0.25) is 4.79 Å². The number of hydrogen-bond acceptors (Lipinski definition) is 6. The molecule has 0 saturated carbocycles. The zero-order valence-electron chi connectivity index (χ0n) is 15.3. The number of hydrogen-bond donors (Lipinski definition) is 2. The van der Waals surface area contributed by atoms with Crippen LogP contribution in [0.4, 0.5) is 5.69 Å². The summed E-state index contributed by atoms with van der Waals surface area (Å²) in [5, 5.41) is 6.08. The van der Waals surface area contributed by atoms with Crippen molar-refractivity contribution in [1.82, 2.24) is 5.32 Å². The van der Waals surface area contributed by atoms with Crippen molar-refractivity contribution in [1.29, 1.82) is 0 Å². The Morgan fingerprint density at radius 1 is 1.07 bits per heavy atom. The van der Waals surface area contributed by atoms with Gasteiger partial charge in [0.1, 0.15) is 18.1 Å². The Bertz CT molecular complexity index is 766. The van der Waals surface area contributed by atoms with Crippen LogP contribution in [-0.2, 0) is 4.79 Å². The molecular formula is C20H24N2O5. The van der Waals surface area contributed by atoms with E-state index in [0.29, 0.717) is 30.4 Å². The fourth-order valence-electron chi connectivity index (χ4n) is 2.64. The Morgan fingerprint density at radius 3 is 2.78 bits per heavy atom. The predicted octanol–water partition coefficient (Wildman–Crippen LogP) is 2.46. The predicted molar refractivity (Wildman–Crippen MR) is 102 cm³/mol. The molecule has 0 aromatic heterocycles. The Labute approximate surface area is 158 Å². The van der Waals surface area contributed by atoms with Crippen molar-refractivity contribution in [3.8, 4) is 23.0 Å².